The largest absolute Gasteiger partial charge is 0.354 e. The number of halogens is 1. The van der Waals surface area contributed by atoms with E-state index in [0.717, 1.165) is 11.1 Å². The molecule has 1 N–H and O–H groups in total. The van der Waals surface area contributed by atoms with Gasteiger partial charge in [-0.25, -0.2) is 0 Å². The lowest BCUT2D eigenvalue weighted by atomic mass is 9.84. The highest BCUT2D eigenvalue weighted by Crippen LogP contribution is 2.37. The Morgan fingerprint density at radius 3 is 2.44 bits per heavy atom. The summed E-state index contributed by atoms with van der Waals surface area (Å²) in [6.07, 6.45) is 0.436. The van der Waals surface area contributed by atoms with E-state index in [4.69, 9.17) is 11.6 Å². The predicted octanol–water partition coefficient (Wildman–Crippen LogP) is 4.19. The summed E-state index contributed by atoms with van der Waals surface area (Å²) in [5, 5.41) is 3.70. The Hall–Kier alpha value is -2.86. The first-order valence-corrected chi connectivity index (χ1v) is 12.2. The van der Waals surface area contributed by atoms with Crippen LogP contribution in [0.2, 0.25) is 5.02 Å². The summed E-state index contributed by atoms with van der Waals surface area (Å²) in [6, 6.07) is 14.4. The van der Waals surface area contributed by atoms with Crippen LogP contribution in [0, 0.1) is 5.92 Å². The van der Waals surface area contributed by atoms with Gasteiger partial charge >= 0.3 is 0 Å². The molecule has 0 spiro atoms. The predicted molar refractivity (Wildman–Crippen MR) is 133 cm³/mol. The van der Waals surface area contributed by atoms with Gasteiger partial charge in [-0.15, -0.1) is 0 Å². The van der Waals surface area contributed by atoms with Crippen LogP contribution in [0.5, 0.6) is 0 Å². The summed E-state index contributed by atoms with van der Waals surface area (Å²) in [5.74, 6) is -0.146. The summed E-state index contributed by atoms with van der Waals surface area (Å²) in [5.41, 5.74) is 1.94. The first kappa shape index (κ1) is 24.3. The minimum absolute atomic E-state index is 0.0742. The second-order valence-corrected chi connectivity index (χ2v) is 10.7. The molecule has 2 aliphatic heterocycles. The molecule has 0 radical (unpaired) electrons. The van der Waals surface area contributed by atoms with Crippen LogP contribution in [0.1, 0.15) is 61.6 Å². The number of carbonyl (C=O) groups excluding carboxylic acids is 3. The van der Waals surface area contributed by atoms with E-state index >= 15 is 0 Å². The Kier molecular flexibility index (Phi) is 6.72. The highest BCUT2D eigenvalue weighted by molar-refractivity contribution is 6.30. The molecular formula is C27H32ClN3O3. The van der Waals surface area contributed by atoms with E-state index in [2.05, 4.69) is 19.2 Å². The molecule has 1 fully saturated rings. The summed E-state index contributed by atoms with van der Waals surface area (Å²) in [4.78, 5) is 42.6. The Labute approximate surface area is 206 Å². The number of carbonyl (C=O) groups is 3. The number of benzene rings is 2. The van der Waals surface area contributed by atoms with Gasteiger partial charge in [0.25, 0.3) is 5.91 Å². The molecule has 0 bridgehead atoms. The molecule has 7 heteroatoms. The summed E-state index contributed by atoms with van der Waals surface area (Å²) in [6.45, 7) is 9.56. The second-order valence-electron chi connectivity index (χ2n) is 10.3. The number of likely N-dealkylation sites (tertiary alicyclic amines) is 1. The summed E-state index contributed by atoms with van der Waals surface area (Å²) in [7, 11) is 0. The molecule has 0 aromatic heterocycles. The van der Waals surface area contributed by atoms with Gasteiger partial charge in [-0.1, -0.05) is 55.8 Å². The van der Waals surface area contributed by atoms with E-state index in [-0.39, 0.29) is 29.7 Å². The topological polar surface area (TPSA) is 69.7 Å². The van der Waals surface area contributed by atoms with E-state index < -0.39 is 11.5 Å². The van der Waals surface area contributed by atoms with Gasteiger partial charge in [-0.2, -0.15) is 0 Å². The number of amides is 3. The van der Waals surface area contributed by atoms with Crippen LogP contribution in [-0.4, -0.2) is 53.2 Å². The van der Waals surface area contributed by atoms with Gasteiger partial charge in [0.1, 0.15) is 6.04 Å². The Bertz CT molecular complexity index is 1100. The van der Waals surface area contributed by atoms with Crippen LogP contribution in [0.3, 0.4) is 0 Å². The maximum atomic E-state index is 13.5. The zero-order chi connectivity index (χ0) is 24.6. The Morgan fingerprint density at radius 1 is 1.12 bits per heavy atom. The van der Waals surface area contributed by atoms with Crippen LogP contribution in [0.15, 0.2) is 48.5 Å². The molecule has 1 saturated heterocycles. The molecule has 2 heterocycles. The summed E-state index contributed by atoms with van der Waals surface area (Å²) < 4.78 is 0. The normalized spacial score (nSPS) is 20.3. The van der Waals surface area contributed by atoms with Crippen LogP contribution >= 0.6 is 11.6 Å². The van der Waals surface area contributed by atoms with E-state index in [0.29, 0.717) is 36.6 Å². The van der Waals surface area contributed by atoms with Crippen LogP contribution in [-0.2, 0) is 15.0 Å². The van der Waals surface area contributed by atoms with Crippen LogP contribution < -0.4 is 5.32 Å². The minimum atomic E-state index is -0.700. The molecule has 2 aromatic carbocycles. The lowest BCUT2D eigenvalue weighted by molar-refractivity contribution is -0.129. The zero-order valence-electron chi connectivity index (χ0n) is 20.2. The second kappa shape index (κ2) is 9.41. The molecule has 180 valence electrons. The third kappa shape index (κ3) is 4.69. The van der Waals surface area contributed by atoms with Gasteiger partial charge in [0.2, 0.25) is 11.8 Å². The molecule has 2 aromatic rings. The number of hydrogen-bond acceptors (Lipinski definition) is 3. The Balaban J connectivity index is 1.53. The number of nitrogens with one attached hydrogen (secondary N) is 1. The Morgan fingerprint density at radius 2 is 1.79 bits per heavy atom. The van der Waals surface area contributed by atoms with Crippen molar-refractivity contribution in [1.82, 2.24) is 15.1 Å². The van der Waals surface area contributed by atoms with Crippen LogP contribution in [0.25, 0.3) is 0 Å². The third-order valence-corrected chi connectivity index (χ3v) is 7.18. The third-order valence-electron chi connectivity index (χ3n) is 6.92. The van der Waals surface area contributed by atoms with Gasteiger partial charge in [0.05, 0.1) is 0 Å². The van der Waals surface area contributed by atoms with Crippen molar-refractivity contribution in [3.63, 3.8) is 0 Å². The number of rotatable bonds is 7. The quantitative estimate of drug-likeness (QED) is 0.644. The van der Waals surface area contributed by atoms with Gasteiger partial charge < -0.3 is 15.1 Å². The van der Waals surface area contributed by atoms with E-state index in [1.165, 1.54) is 0 Å². The lowest BCUT2D eigenvalue weighted by Gasteiger charge is -2.34. The van der Waals surface area contributed by atoms with Crippen molar-refractivity contribution < 1.29 is 14.4 Å². The highest BCUT2D eigenvalue weighted by Gasteiger charge is 2.43. The van der Waals surface area contributed by atoms with Crippen molar-refractivity contribution in [2.45, 2.75) is 51.6 Å². The number of fused-ring (bicyclic) bond motifs is 1. The molecular weight excluding hydrogens is 450 g/mol. The molecule has 2 aliphatic rings. The SMILES string of the molecule is CC(C)N1CC(CNC(=O)C2c3ccccc3C(=O)N2CC(C)(C)c2ccc(Cl)cc2)CC1=O. The van der Waals surface area contributed by atoms with Crippen molar-refractivity contribution in [2.24, 2.45) is 5.92 Å². The van der Waals surface area contributed by atoms with Crippen molar-refractivity contribution in [3.8, 4) is 0 Å². The number of hydrogen-bond donors (Lipinski definition) is 1. The molecule has 34 heavy (non-hydrogen) atoms. The first-order valence-electron chi connectivity index (χ1n) is 11.8. The van der Waals surface area contributed by atoms with E-state index in [9.17, 15) is 14.4 Å². The molecule has 0 saturated carbocycles. The zero-order valence-corrected chi connectivity index (χ0v) is 20.9. The van der Waals surface area contributed by atoms with Gasteiger partial charge in [-0.3, -0.25) is 14.4 Å². The minimum Gasteiger partial charge on any atom is -0.354 e. The van der Waals surface area contributed by atoms with Crippen LogP contribution in [0.4, 0.5) is 0 Å². The molecule has 2 unspecified atom stereocenters. The van der Waals surface area contributed by atoms with Gasteiger partial charge in [-0.05, 0) is 43.2 Å². The van der Waals surface area contributed by atoms with Gasteiger partial charge in [0, 0.05) is 54.0 Å². The maximum absolute atomic E-state index is 13.5. The van der Waals surface area contributed by atoms with Crippen molar-refractivity contribution >= 4 is 29.3 Å². The average Bonchev–Trinajstić information content (AvgIpc) is 3.30. The van der Waals surface area contributed by atoms with E-state index in [1.807, 2.05) is 61.2 Å². The lowest BCUT2D eigenvalue weighted by Crippen LogP contribution is -2.45. The number of nitrogens with zero attached hydrogens (tertiary/aromatic N) is 2. The fourth-order valence-electron chi connectivity index (χ4n) is 5.02. The van der Waals surface area contributed by atoms with E-state index in [1.54, 1.807) is 11.0 Å². The average molecular weight is 482 g/mol. The van der Waals surface area contributed by atoms with Gasteiger partial charge in [0.15, 0.2) is 0 Å². The molecule has 2 atom stereocenters. The molecule has 6 nitrogen and oxygen atoms in total. The molecule has 0 aliphatic carbocycles. The fraction of sp³-hybridized carbons (Fsp3) is 0.444. The van der Waals surface area contributed by atoms with Crippen molar-refractivity contribution in [3.05, 3.63) is 70.2 Å². The van der Waals surface area contributed by atoms with Crippen molar-refractivity contribution in [2.75, 3.05) is 19.6 Å². The summed E-state index contributed by atoms with van der Waals surface area (Å²) >= 11 is 6.06. The molecule has 3 amide bonds. The first-order chi connectivity index (χ1) is 16.1. The maximum Gasteiger partial charge on any atom is 0.255 e. The highest BCUT2D eigenvalue weighted by atomic mass is 35.5. The monoisotopic (exact) mass is 481 g/mol. The fourth-order valence-corrected chi connectivity index (χ4v) is 5.15. The standard InChI is InChI=1S/C27H32ClN3O3/c1-17(2)30-15-18(13-23(30)32)14-29-25(33)24-21-7-5-6-8-22(21)26(34)31(24)16-27(3,4)19-9-11-20(28)12-10-19/h5-12,17-18,24H,13-16H2,1-4H3,(H,29,33). The molecule has 4 rings (SSSR count). The van der Waals surface area contributed by atoms with Crippen molar-refractivity contribution in [1.29, 1.82) is 0 Å². The smallest absolute Gasteiger partial charge is 0.255 e.